The molecule has 0 N–H and O–H groups in total. The first-order chi connectivity index (χ1) is 25.8. The van der Waals surface area contributed by atoms with E-state index in [2.05, 4.69) is 152 Å². The van der Waals surface area contributed by atoms with Crippen molar-refractivity contribution >= 4 is 47.7 Å². The minimum absolute atomic E-state index is 0.657. The molecule has 0 heterocycles. The fraction of sp³-hybridized carbons (Fsp3) is 0.250. The first kappa shape index (κ1) is 39.1. The average Bonchev–Trinajstić information content (AvgIpc) is 3.09. The van der Waals surface area contributed by atoms with E-state index in [4.69, 9.17) is 18.9 Å². The molecule has 6 rings (SSSR count). The largest absolute Gasteiger partial charge is 0.493 e. The highest BCUT2D eigenvalue weighted by Crippen LogP contribution is 2.52. The van der Waals surface area contributed by atoms with Crippen LogP contribution in [0.25, 0.3) is 11.1 Å². The monoisotopic (exact) mass is 754 g/mol. The van der Waals surface area contributed by atoms with Crippen molar-refractivity contribution in [3.8, 4) is 34.1 Å². The van der Waals surface area contributed by atoms with Crippen molar-refractivity contribution in [3.05, 3.63) is 142 Å². The third-order valence-corrected chi connectivity index (χ3v) is 14.4. The molecule has 278 valence electrons. The molecular formula is C48H52O4P2. The lowest BCUT2D eigenvalue weighted by molar-refractivity contribution is 0.352. The molecule has 0 aliphatic rings. The zero-order valence-electron chi connectivity index (χ0n) is 33.8. The number of hydrogen-bond acceptors (Lipinski definition) is 4. The highest BCUT2D eigenvalue weighted by Gasteiger charge is 2.33. The van der Waals surface area contributed by atoms with Crippen LogP contribution in [0.3, 0.4) is 0 Å². The van der Waals surface area contributed by atoms with Gasteiger partial charge in [0.25, 0.3) is 0 Å². The van der Waals surface area contributed by atoms with Crippen LogP contribution in [-0.4, -0.2) is 28.4 Å². The summed E-state index contributed by atoms with van der Waals surface area (Å²) in [5.41, 5.74) is 11.8. The number of hydrogen-bond donors (Lipinski definition) is 0. The molecule has 0 spiro atoms. The van der Waals surface area contributed by atoms with E-state index in [9.17, 15) is 0 Å². The van der Waals surface area contributed by atoms with Gasteiger partial charge in [0.2, 0.25) is 0 Å². The molecule has 0 atom stereocenters. The molecule has 0 saturated heterocycles. The maximum atomic E-state index is 6.47. The predicted molar refractivity (Wildman–Crippen MR) is 233 cm³/mol. The highest BCUT2D eigenvalue weighted by molar-refractivity contribution is 7.80. The Morgan fingerprint density at radius 1 is 0.315 bits per heavy atom. The summed E-state index contributed by atoms with van der Waals surface area (Å²) in [6.07, 6.45) is 0. The summed E-state index contributed by atoms with van der Waals surface area (Å²) in [6, 6.07) is 36.4. The highest BCUT2D eigenvalue weighted by atomic mass is 31.1. The standard InChI is InChI=1S/C48H52O4P2/c1-29-17-30(2)22-37(21-29)53(38-23-31(3)18-32(4)24-38)43-15-13-41(49-9)47(51-11)45(43)46-44(16-14-42(50-10)48(46)52-12)54(39-25-33(5)19-34(6)26-39)40-27-35(7)20-36(8)28-40/h13-28H,1-12H3. The van der Waals surface area contributed by atoms with Gasteiger partial charge in [-0.15, -0.1) is 0 Å². The van der Waals surface area contributed by atoms with Gasteiger partial charge in [-0.2, -0.15) is 0 Å². The van der Waals surface area contributed by atoms with Gasteiger partial charge in [-0.3, -0.25) is 0 Å². The normalized spacial score (nSPS) is 11.3. The number of ether oxygens (including phenoxy) is 4. The van der Waals surface area contributed by atoms with E-state index in [0.717, 1.165) is 21.7 Å². The smallest absolute Gasteiger partial charge is 0.169 e. The molecule has 6 aromatic rings. The summed E-state index contributed by atoms with van der Waals surface area (Å²) < 4.78 is 25.1. The molecule has 4 nitrogen and oxygen atoms in total. The maximum Gasteiger partial charge on any atom is 0.169 e. The van der Waals surface area contributed by atoms with Crippen molar-refractivity contribution in [2.24, 2.45) is 0 Å². The molecule has 0 saturated carbocycles. The fourth-order valence-corrected chi connectivity index (χ4v) is 13.6. The molecule has 0 aliphatic heterocycles. The summed E-state index contributed by atoms with van der Waals surface area (Å²) in [4.78, 5) is 0. The van der Waals surface area contributed by atoms with Crippen LogP contribution in [0.1, 0.15) is 44.5 Å². The Morgan fingerprint density at radius 2 is 0.556 bits per heavy atom. The molecule has 0 aliphatic carbocycles. The minimum Gasteiger partial charge on any atom is -0.493 e. The minimum atomic E-state index is -1.11. The van der Waals surface area contributed by atoms with Crippen LogP contribution in [0.4, 0.5) is 0 Å². The van der Waals surface area contributed by atoms with Crippen LogP contribution in [0, 0.1) is 55.4 Å². The van der Waals surface area contributed by atoms with Gasteiger partial charge in [0.05, 0.1) is 28.4 Å². The van der Waals surface area contributed by atoms with Crippen LogP contribution in [0.2, 0.25) is 0 Å². The van der Waals surface area contributed by atoms with Crippen molar-refractivity contribution < 1.29 is 18.9 Å². The van der Waals surface area contributed by atoms with E-state index < -0.39 is 15.8 Å². The van der Waals surface area contributed by atoms with Gasteiger partial charge in [0.1, 0.15) is 0 Å². The Labute approximate surface area is 325 Å². The molecule has 0 amide bonds. The van der Waals surface area contributed by atoms with Gasteiger partial charge in [0.15, 0.2) is 23.0 Å². The summed E-state index contributed by atoms with van der Waals surface area (Å²) in [7, 11) is 4.67. The third kappa shape index (κ3) is 7.93. The van der Waals surface area contributed by atoms with Gasteiger partial charge in [-0.1, -0.05) is 117 Å². The Hall–Kier alpha value is -4.62. The van der Waals surface area contributed by atoms with Crippen LogP contribution >= 0.6 is 15.8 Å². The second-order valence-corrected chi connectivity index (χ2v) is 18.8. The molecule has 6 heteroatoms. The van der Waals surface area contributed by atoms with E-state index in [1.807, 2.05) is 0 Å². The fourth-order valence-electron chi connectivity index (χ4n) is 7.86. The molecule has 54 heavy (non-hydrogen) atoms. The first-order valence-corrected chi connectivity index (χ1v) is 21.0. The number of methoxy groups -OCH3 is 4. The number of aryl methyl sites for hydroxylation is 8. The zero-order chi connectivity index (χ0) is 38.8. The number of benzene rings is 6. The quantitative estimate of drug-likeness (QED) is 0.124. The summed E-state index contributed by atoms with van der Waals surface area (Å²) in [5.74, 6) is 2.65. The first-order valence-electron chi connectivity index (χ1n) is 18.3. The second kappa shape index (κ2) is 16.4. The van der Waals surface area contributed by atoms with Crippen LogP contribution < -0.4 is 50.8 Å². The second-order valence-electron chi connectivity index (χ2n) is 14.4. The van der Waals surface area contributed by atoms with Crippen molar-refractivity contribution in [1.29, 1.82) is 0 Å². The van der Waals surface area contributed by atoms with Crippen LogP contribution in [0.5, 0.6) is 23.0 Å². The molecule has 6 aromatic carbocycles. The molecular weight excluding hydrogens is 702 g/mol. The van der Waals surface area contributed by atoms with Gasteiger partial charge >= 0.3 is 0 Å². The molecule has 0 fully saturated rings. The number of rotatable bonds is 11. The summed E-state index contributed by atoms with van der Waals surface area (Å²) in [6.45, 7) is 17.5. The Kier molecular flexibility index (Phi) is 11.9. The van der Waals surface area contributed by atoms with Crippen LogP contribution in [0.15, 0.2) is 97.1 Å². The van der Waals surface area contributed by atoms with Gasteiger partial charge in [-0.25, -0.2) is 0 Å². The van der Waals surface area contributed by atoms with Crippen molar-refractivity contribution in [1.82, 2.24) is 0 Å². The lowest BCUT2D eigenvalue weighted by Gasteiger charge is -2.30. The van der Waals surface area contributed by atoms with E-state index in [-0.39, 0.29) is 0 Å². The third-order valence-electron chi connectivity index (χ3n) is 9.64. The SMILES string of the molecule is COc1ccc(P(c2cc(C)cc(C)c2)c2cc(C)cc(C)c2)c(-c2c(P(c3cc(C)cc(C)c3)c3cc(C)cc(C)c3)ccc(OC)c2OC)c1OC. The van der Waals surface area contributed by atoms with Gasteiger partial charge in [-0.05, 0) is 127 Å². The maximum absolute atomic E-state index is 6.47. The van der Waals surface area contributed by atoms with Crippen molar-refractivity contribution in [3.63, 3.8) is 0 Å². The Morgan fingerprint density at radius 3 is 0.759 bits per heavy atom. The molecule has 0 unspecified atom stereocenters. The van der Waals surface area contributed by atoms with E-state index in [1.54, 1.807) is 28.4 Å². The summed E-state index contributed by atoms with van der Waals surface area (Å²) in [5, 5.41) is 7.40. The topological polar surface area (TPSA) is 36.9 Å². The molecule has 0 bridgehead atoms. The van der Waals surface area contributed by atoms with E-state index >= 15 is 0 Å². The van der Waals surface area contributed by atoms with Gasteiger partial charge < -0.3 is 18.9 Å². The zero-order valence-corrected chi connectivity index (χ0v) is 35.6. The van der Waals surface area contributed by atoms with E-state index in [0.29, 0.717) is 23.0 Å². The summed E-state index contributed by atoms with van der Waals surface area (Å²) >= 11 is 0. The van der Waals surface area contributed by atoms with Gasteiger partial charge in [0, 0.05) is 11.1 Å². The average molecular weight is 755 g/mol. The molecule has 0 radical (unpaired) electrons. The van der Waals surface area contributed by atoms with Crippen molar-refractivity contribution in [2.75, 3.05) is 28.4 Å². The Balaban J connectivity index is 1.84. The van der Waals surface area contributed by atoms with Crippen molar-refractivity contribution in [2.45, 2.75) is 55.4 Å². The lowest BCUT2D eigenvalue weighted by Crippen LogP contribution is -2.27. The lowest BCUT2D eigenvalue weighted by atomic mass is 10.0. The Bertz CT molecular complexity index is 2000. The van der Waals surface area contributed by atoms with Crippen LogP contribution in [-0.2, 0) is 0 Å². The predicted octanol–water partition coefficient (Wildman–Crippen LogP) is 9.37. The van der Waals surface area contributed by atoms with E-state index in [1.165, 1.54) is 65.7 Å². The molecule has 0 aromatic heterocycles.